The molecule has 4 heteroatoms. The number of imide groups is 1. The van der Waals surface area contributed by atoms with E-state index in [0.29, 0.717) is 16.8 Å². The molecule has 0 saturated carbocycles. The predicted molar refractivity (Wildman–Crippen MR) is 80.8 cm³/mol. The molecule has 0 fully saturated rings. The zero-order chi connectivity index (χ0) is 14.4. The molecule has 2 heterocycles. The molecule has 0 radical (unpaired) electrons. The first kappa shape index (κ1) is 12.1. The van der Waals surface area contributed by atoms with Crippen LogP contribution in [0.4, 0.5) is 11.4 Å². The Morgan fingerprint density at radius 3 is 2.33 bits per heavy atom. The Labute approximate surface area is 122 Å². The van der Waals surface area contributed by atoms with Gasteiger partial charge in [-0.1, -0.05) is 18.2 Å². The molecule has 0 bridgehead atoms. The average Bonchev–Trinajstić information content (AvgIpc) is 2.79. The van der Waals surface area contributed by atoms with Crippen LogP contribution in [0.2, 0.25) is 0 Å². The second-order valence-corrected chi connectivity index (χ2v) is 5.32. The van der Waals surface area contributed by atoms with Crippen LogP contribution in [0.25, 0.3) is 0 Å². The fourth-order valence-electron chi connectivity index (χ4n) is 3.11. The number of amides is 2. The van der Waals surface area contributed by atoms with Crippen LogP contribution in [0, 0.1) is 0 Å². The molecule has 0 saturated heterocycles. The van der Waals surface area contributed by atoms with E-state index in [2.05, 4.69) is 5.32 Å². The molecule has 0 spiro atoms. The number of nitrogens with zero attached hydrogens (tertiary/aromatic N) is 1. The molecule has 104 valence electrons. The van der Waals surface area contributed by atoms with Crippen molar-refractivity contribution < 1.29 is 9.59 Å². The standard InChI is InChI=1S/C17H14N2O2/c20-16-11-5-1-2-6-12(11)17(21)19(16)15-9-3-8-14-13(15)7-4-10-18-14/h1-3,5-6,8-9,18H,4,7,10H2. The first-order valence-corrected chi connectivity index (χ1v) is 7.11. The lowest BCUT2D eigenvalue weighted by molar-refractivity contribution is 0.0926. The normalized spacial score (nSPS) is 16.5. The van der Waals surface area contributed by atoms with Crippen LogP contribution >= 0.6 is 0 Å². The molecule has 2 amide bonds. The Balaban J connectivity index is 1.86. The van der Waals surface area contributed by atoms with Crippen molar-refractivity contribution in [1.29, 1.82) is 0 Å². The fraction of sp³-hybridized carbons (Fsp3) is 0.176. The van der Waals surface area contributed by atoms with Crippen LogP contribution in [0.3, 0.4) is 0 Å². The third-order valence-electron chi connectivity index (χ3n) is 4.11. The molecule has 2 aliphatic heterocycles. The predicted octanol–water partition coefficient (Wildman–Crippen LogP) is 2.85. The average molecular weight is 278 g/mol. The van der Waals surface area contributed by atoms with Crippen LogP contribution in [-0.4, -0.2) is 18.4 Å². The molecule has 0 unspecified atom stereocenters. The number of fused-ring (bicyclic) bond motifs is 2. The first-order valence-electron chi connectivity index (χ1n) is 7.11. The van der Waals surface area contributed by atoms with E-state index < -0.39 is 0 Å². The van der Waals surface area contributed by atoms with Gasteiger partial charge in [0, 0.05) is 12.2 Å². The smallest absolute Gasteiger partial charge is 0.266 e. The summed E-state index contributed by atoms with van der Waals surface area (Å²) >= 11 is 0. The number of carbonyl (C=O) groups excluding carboxylic acids is 2. The molecule has 2 aliphatic rings. The van der Waals surface area contributed by atoms with E-state index in [1.165, 1.54) is 4.90 Å². The Bertz CT molecular complexity index is 732. The van der Waals surface area contributed by atoms with Crippen molar-refractivity contribution >= 4 is 23.2 Å². The first-order chi connectivity index (χ1) is 10.3. The van der Waals surface area contributed by atoms with Crippen LogP contribution < -0.4 is 10.2 Å². The summed E-state index contributed by atoms with van der Waals surface area (Å²) in [6.45, 7) is 0.929. The molecule has 4 rings (SSSR count). The molecule has 4 nitrogen and oxygen atoms in total. The van der Waals surface area contributed by atoms with E-state index in [9.17, 15) is 9.59 Å². The fourth-order valence-corrected chi connectivity index (χ4v) is 3.11. The number of hydrogen-bond donors (Lipinski definition) is 1. The van der Waals surface area contributed by atoms with E-state index in [1.54, 1.807) is 24.3 Å². The summed E-state index contributed by atoms with van der Waals surface area (Å²) < 4.78 is 0. The number of nitrogens with one attached hydrogen (secondary N) is 1. The quantitative estimate of drug-likeness (QED) is 0.816. The van der Waals surface area contributed by atoms with E-state index >= 15 is 0 Å². The summed E-state index contributed by atoms with van der Waals surface area (Å²) in [5.41, 5.74) is 3.77. The minimum absolute atomic E-state index is 0.227. The molecule has 0 atom stereocenters. The van der Waals surface area contributed by atoms with Gasteiger partial charge in [0.1, 0.15) is 0 Å². The van der Waals surface area contributed by atoms with Gasteiger partial charge in [0.2, 0.25) is 0 Å². The summed E-state index contributed by atoms with van der Waals surface area (Å²) in [4.78, 5) is 26.5. The topological polar surface area (TPSA) is 49.4 Å². The van der Waals surface area contributed by atoms with Gasteiger partial charge in [0.25, 0.3) is 11.8 Å². The third kappa shape index (κ3) is 1.69. The van der Waals surface area contributed by atoms with Gasteiger partial charge in [-0.3, -0.25) is 9.59 Å². The minimum atomic E-state index is -0.227. The summed E-state index contributed by atoms with van der Waals surface area (Å²) in [5.74, 6) is -0.454. The Hall–Kier alpha value is -2.62. The Morgan fingerprint density at radius 2 is 1.62 bits per heavy atom. The maximum absolute atomic E-state index is 12.6. The summed E-state index contributed by atoms with van der Waals surface area (Å²) in [7, 11) is 0. The van der Waals surface area contributed by atoms with Crippen molar-refractivity contribution in [2.75, 3.05) is 16.8 Å². The second kappa shape index (κ2) is 4.45. The molecular weight excluding hydrogens is 264 g/mol. The van der Waals surface area contributed by atoms with Gasteiger partial charge in [-0.25, -0.2) is 4.90 Å². The second-order valence-electron chi connectivity index (χ2n) is 5.32. The van der Waals surface area contributed by atoms with Gasteiger partial charge >= 0.3 is 0 Å². The lowest BCUT2D eigenvalue weighted by atomic mass is 10.0. The van der Waals surface area contributed by atoms with Gasteiger partial charge in [-0.2, -0.15) is 0 Å². The maximum Gasteiger partial charge on any atom is 0.266 e. The zero-order valence-corrected chi connectivity index (χ0v) is 11.4. The van der Waals surface area contributed by atoms with Crippen molar-refractivity contribution in [2.24, 2.45) is 0 Å². The molecule has 2 aromatic carbocycles. The largest absolute Gasteiger partial charge is 0.385 e. The lowest BCUT2D eigenvalue weighted by Crippen LogP contribution is -2.31. The van der Waals surface area contributed by atoms with Crippen LogP contribution in [-0.2, 0) is 6.42 Å². The molecule has 1 N–H and O–H groups in total. The molecule has 2 aromatic rings. The Morgan fingerprint density at radius 1 is 0.905 bits per heavy atom. The van der Waals surface area contributed by atoms with Crippen molar-refractivity contribution in [3.63, 3.8) is 0 Å². The van der Waals surface area contributed by atoms with Gasteiger partial charge < -0.3 is 5.32 Å². The van der Waals surface area contributed by atoms with E-state index in [0.717, 1.165) is 30.6 Å². The maximum atomic E-state index is 12.6. The molecule has 21 heavy (non-hydrogen) atoms. The van der Waals surface area contributed by atoms with Crippen molar-refractivity contribution in [1.82, 2.24) is 0 Å². The van der Waals surface area contributed by atoms with Gasteiger partial charge in [-0.05, 0) is 42.7 Å². The van der Waals surface area contributed by atoms with Crippen LogP contribution in [0.15, 0.2) is 42.5 Å². The highest BCUT2D eigenvalue weighted by Gasteiger charge is 2.37. The summed E-state index contributed by atoms with van der Waals surface area (Å²) in [6, 6.07) is 12.7. The van der Waals surface area contributed by atoms with Gasteiger partial charge in [0.15, 0.2) is 0 Å². The van der Waals surface area contributed by atoms with Crippen molar-refractivity contribution in [3.8, 4) is 0 Å². The number of carbonyl (C=O) groups is 2. The van der Waals surface area contributed by atoms with E-state index in [1.807, 2.05) is 18.2 Å². The molecule has 0 aliphatic carbocycles. The van der Waals surface area contributed by atoms with Gasteiger partial charge in [-0.15, -0.1) is 0 Å². The highest BCUT2D eigenvalue weighted by atomic mass is 16.2. The van der Waals surface area contributed by atoms with Crippen molar-refractivity contribution in [2.45, 2.75) is 12.8 Å². The van der Waals surface area contributed by atoms with Crippen LogP contribution in [0.5, 0.6) is 0 Å². The summed E-state index contributed by atoms with van der Waals surface area (Å²) in [6.07, 6.45) is 1.89. The third-order valence-corrected chi connectivity index (χ3v) is 4.11. The number of rotatable bonds is 1. The van der Waals surface area contributed by atoms with Gasteiger partial charge in [0.05, 0.1) is 16.8 Å². The van der Waals surface area contributed by atoms with E-state index in [-0.39, 0.29) is 11.8 Å². The number of anilines is 2. The zero-order valence-electron chi connectivity index (χ0n) is 11.4. The van der Waals surface area contributed by atoms with Crippen molar-refractivity contribution in [3.05, 3.63) is 59.2 Å². The Kier molecular flexibility index (Phi) is 2.57. The molecular formula is C17H14N2O2. The summed E-state index contributed by atoms with van der Waals surface area (Å²) in [5, 5.41) is 3.33. The lowest BCUT2D eigenvalue weighted by Gasteiger charge is -2.24. The highest BCUT2D eigenvalue weighted by Crippen LogP contribution is 2.35. The van der Waals surface area contributed by atoms with Crippen LogP contribution in [0.1, 0.15) is 32.7 Å². The highest BCUT2D eigenvalue weighted by molar-refractivity contribution is 6.34. The van der Waals surface area contributed by atoms with E-state index in [4.69, 9.17) is 0 Å². The minimum Gasteiger partial charge on any atom is -0.385 e. The SMILES string of the molecule is O=C1c2ccccc2C(=O)N1c1cccc2c1CCCN2. The number of hydrogen-bond acceptors (Lipinski definition) is 3. The number of benzene rings is 2. The molecule has 0 aromatic heterocycles. The monoisotopic (exact) mass is 278 g/mol.